The number of nitrogens with one attached hydrogen (secondary N) is 1. The SMILES string of the molecule is CCCOc1ccc(C(=O)NCc2ccc(OCCC(C)C)c(OC)c2)cc1. The number of ether oxygens (including phenoxy) is 3. The maximum atomic E-state index is 12.4. The third-order valence-corrected chi connectivity index (χ3v) is 4.22. The molecule has 152 valence electrons. The number of benzene rings is 2. The highest BCUT2D eigenvalue weighted by Crippen LogP contribution is 2.28. The van der Waals surface area contributed by atoms with Gasteiger partial charge in [0.1, 0.15) is 5.75 Å². The first-order valence-corrected chi connectivity index (χ1v) is 9.84. The monoisotopic (exact) mass is 385 g/mol. The van der Waals surface area contributed by atoms with Crippen LogP contribution in [0.1, 0.15) is 49.5 Å². The Kier molecular flexibility index (Phi) is 8.66. The molecule has 0 saturated heterocycles. The Bertz CT molecular complexity index is 741. The zero-order valence-corrected chi connectivity index (χ0v) is 17.3. The van der Waals surface area contributed by atoms with E-state index in [4.69, 9.17) is 14.2 Å². The first-order valence-electron chi connectivity index (χ1n) is 9.84. The smallest absolute Gasteiger partial charge is 0.251 e. The van der Waals surface area contributed by atoms with E-state index >= 15 is 0 Å². The van der Waals surface area contributed by atoms with Gasteiger partial charge in [0.2, 0.25) is 0 Å². The van der Waals surface area contributed by atoms with E-state index in [0.717, 1.165) is 29.9 Å². The van der Waals surface area contributed by atoms with Gasteiger partial charge in [-0.1, -0.05) is 26.8 Å². The van der Waals surface area contributed by atoms with E-state index in [9.17, 15) is 4.79 Å². The third-order valence-electron chi connectivity index (χ3n) is 4.22. The second kappa shape index (κ2) is 11.2. The fourth-order valence-electron chi connectivity index (χ4n) is 2.55. The Morgan fingerprint density at radius 3 is 2.39 bits per heavy atom. The Morgan fingerprint density at radius 1 is 1.00 bits per heavy atom. The Hall–Kier alpha value is -2.69. The predicted octanol–water partition coefficient (Wildman–Crippen LogP) is 4.84. The fraction of sp³-hybridized carbons (Fsp3) is 0.435. The fourth-order valence-corrected chi connectivity index (χ4v) is 2.55. The van der Waals surface area contributed by atoms with E-state index in [-0.39, 0.29) is 5.91 Å². The van der Waals surface area contributed by atoms with E-state index in [0.29, 0.717) is 37.0 Å². The van der Waals surface area contributed by atoms with Crippen molar-refractivity contribution < 1.29 is 19.0 Å². The van der Waals surface area contributed by atoms with Crippen molar-refractivity contribution in [2.24, 2.45) is 5.92 Å². The summed E-state index contributed by atoms with van der Waals surface area (Å²) in [4.78, 5) is 12.4. The average molecular weight is 386 g/mol. The maximum Gasteiger partial charge on any atom is 0.251 e. The molecule has 0 heterocycles. The van der Waals surface area contributed by atoms with Gasteiger partial charge in [-0.3, -0.25) is 4.79 Å². The van der Waals surface area contributed by atoms with Crippen molar-refractivity contribution in [3.63, 3.8) is 0 Å². The zero-order valence-electron chi connectivity index (χ0n) is 17.3. The van der Waals surface area contributed by atoms with Crippen LogP contribution in [0.2, 0.25) is 0 Å². The van der Waals surface area contributed by atoms with Crippen LogP contribution in [0.15, 0.2) is 42.5 Å². The summed E-state index contributed by atoms with van der Waals surface area (Å²) >= 11 is 0. The lowest BCUT2D eigenvalue weighted by atomic mass is 10.1. The molecule has 0 aliphatic carbocycles. The van der Waals surface area contributed by atoms with Crippen LogP contribution in [0, 0.1) is 5.92 Å². The van der Waals surface area contributed by atoms with Crippen LogP contribution in [0.25, 0.3) is 0 Å². The lowest BCUT2D eigenvalue weighted by Gasteiger charge is -2.13. The number of rotatable bonds is 11. The largest absolute Gasteiger partial charge is 0.494 e. The van der Waals surface area contributed by atoms with Crippen molar-refractivity contribution in [2.75, 3.05) is 20.3 Å². The normalized spacial score (nSPS) is 10.6. The molecular formula is C23H31NO4. The molecule has 0 spiro atoms. The van der Waals surface area contributed by atoms with Gasteiger partial charge in [-0.25, -0.2) is 0 Å². The molecule has 0 aliphatic heterocycles. The first kappa shape index (κ1) is 21.6. The first-order chi connectivity index (χ1) is 13.5. The van der Waals surface area contributed by atoms with Crippen LogP contribution in [0.5, 0.6) is 17.2 Å². The minimum absolute atomic E-state index is 0.127. The van der Waals surface area contributed by atoms with Crippen LogP contribution in [0.3, 0.4) is 0 Å². The molecule has 0 unspecified atom stereocenters. The Labute approximate surface area is 168 Å². The van der Waals surface area contributed by atoms with Gasteiger partial charge in [-0.15, -0.1) is 0 Å². The molecule has 0 bridgehead atoms. The summed E-state index contributed by atoms with van der Waals surface area (Å²) in [5.74, 6) is 2.64. The van der Waals surface area contributed by atoms with Crippen molar-refractivity contribution >= 4 is 5.91 Å². The highest BCUT2D eigenvalue weighted by molar-refractivity contribution is 5.94. The molecule has 2 aromatic rings. The third kappa shape index (κ3) is 6.80. The molecule has 1 amide bonds. The molecule has 0 saturated carbocycles. The van der Waals surface area contributed by atoms with Gasteiger partial charge in [-0.05, 0) is 60.7 Å². The molecule has 5 heteroatoms. The number of carbonyl (C=O) groups excluding carboxylic acids is 1. The molecule has 0 radical (unpaired) electrons. The number of carbonyl (C=O) groups is 1. The minimum atomic E-state index is -0.127. The topological polar surface area (TPSA) is 56.8 Å². The van der Waals surface area contributed by atoms with E-state index in [1.54, 1.807) is 19.2 Å². The van der Waals surface area contributed by atoms with E-state index in [1.807, 2.05) is 30.3 Å². The van der Waals surface area contributed by atoms with Crippen LogP contribution >= 0.6 is 0 Å². The summed E-state index contributed by atoms with van der Waals surface area (Å²) in [6.07, 6.45) is 1.94. The second-order valence-corrected chi connectivity index (χ2v) is 7.07. The van der Waals surface area contributed by atoms with E-state index in [1.165, 1.54) is 0 Å². The lowest BCUT2D eigenvalue weighted by Crippen LogP contribution is -2.22. The molecule has 1 N–H and O–H groups in total. The quantitative estimate of drug-likeness (QED) is 0.601. The molecule has 0 aromatic heterocycles. The van der Waals surface area contributed by atoms with Gasteiger partial charge in [-0.2, -0.15) is 0 Å². The highest BCUT2D eigenvalue weighted by atomic mass is 16.5. The molecule has 0 aliphatic rings. The number of hydrogen-bond donors (Lipinski definition) is 1. The lowest BCUT2D eigenvalue weighted by molar-refractivity contribution is 0.0951. The van der Waals surface area contributed by atoms with Gasteiger partial charge < -0.3 is 19.5 Å². The molecule has 0 atom stereocenters. The summed E-state index contributed by atoms with van der Waals surface area (Å²) in [6.45, 7) is 8.12. The number of amides is 1. The van der Waals surface area contributed by atoms with Crippen LogP contribution in [-0.2, 0) is 6.54 Å². The van der Waals surface area contributed by atoms with Gasteiger partial charge in [0, 0.05) is 12.1 Å². The van der Waals surface area contributed by atoms with E-state index < -0.39 is 0 Å². The maximum absolute atomic E-state index is 12.4. The molecule has 28 heavy (non-hydrogen) atoms. The van der Waals surface area contributed by atoms with Gasteiger partial charge >= 0.3 is 0 Å². The average Bonchev–Trinajstić information content (AvgIpc) is 2.71. The molecule has 2 aromatic carbocycles. The molecule has 5 nitrogen and oxygen atoms in total. The highest BCUT2D eigenvalue weighted by Gasteiger charge is 2.09. The Balaban J connectivity index is 1.91. The molecular weight excluding hydrogens is 354 g/mol. The van der Waals surface area contributed by atoms with Crippen LogP contribution in [-0.4, -0.2) is 26.2 Å². The molecule has 2 rings (SSSR count). The summed E-state index contributed by atoms with van der Waals surface area (Å²) < 4.78 is 16.8. The molecule has 0 fully saturated rings. The summed E-state index contributed by atoms with van der Waals surface area (Å²) in [5, 5.41) is 2.93. The van der Waals surface area contributed by atoms with Crippen molar-refractivity contribution in [1.82, 2.24) is 5.32 Å². The van der Waals surface area contributed by atoms with Crippen molar-refractivity contribution in [3.05, 3.63) is 53.6 Å². The minimum Gasteiger partial charge on any atom is -0.494 e. The zero-order chi connectivity index (χ0) is 20.4. The van der Waals surface area contributed by atoms with Crippen molar-refractivity contribution in [1.29, 1.82) is 0 Å². The summed E-state index contributed by atoms with van der Waals surface area (Å²) in [6, 6.07) is 12.9. The number of hydrogen-bond acceptors (Lipinski definition) is 4. The standard InChI is InChI=1S/C23H31NO4/c1-5-13-27-20-9-7-19(8-10-20)23(25)24-16-18-6-11-21(22(15-18)26-4)28-14-12-17(2)3/h6-11,15,17H,5,12-14,16H2,1-4H3,(H,24,25). The van der Waals surface area contributed by atoms with Crippen molar-refractivity contribution in [3.8, 4) is 17.2 Å². The van der Waals surface area contributed by atoms with Crippen LogP contribution < -0.4 is 19.5 Å². The second-order valence-electron chi connectivity index (χ2n) is 7.07. The Morgan fingerprint density at radius 2 is 1.75 bits per heavy atom. The number of methoxy groups -OCH3 is 1. The van der Waals surface area contributed by atoms with E-state index in [2.05, 4.69) is 26.1 Å². The summed E-state index contributed by atoms with van der Waals surface area (Å²) in [5.41, 5.74) is 1.55. The van der Waals surface area contributed by atoms with Gasteiger partial charge in [0.15, 0.2) is 11.5 Å². The van der Waals surface area contributed by atoms with Gasteiger partial charge in [0.25, 0.3) is 5.91 Å². The summed E-state index contributed by atoms with van der Waals surface area (Å²) in [7, 11) is 1.62. The van der Waals surface area contributed by atoms with Crippen molar-refractivity contribution in [2.45, 2.75) is 40.2 Å². The van der Waals surface area contributed by atoms with Gasteiger partial charge in [0.05, 0.1) is 20.3 Å². The van der Waals surface area contributed by atoms with Crippen LogP contribution in [0.4, 0.5) is 0 Å². The predicted molar refractivity (Wildman–Crippen MR) is 111 cm³/mol.